The van der Waals surface area contributed by atoms with Crippen LogP contribution in [0.5, 0.6) is 0 Å². The van der Waals surface area contributed by atoms with Crippen LogP contribution in [-0.2, 0) is 9.53 Å². The van der Waals surface area contributed by atoms with Crippen molar-refractivity contribution in [2.75, 3.05) is 38.1 Å². The molecule has 2 rings (SSSR count). The maximum absolute atomic E-state index is 12.3. The predicted octanol–water partition coefficient (Wildman–Crippen LogP) is 2.57. The minimum Gasteiger partial charge on any atom is -0.385 e. The van der Waals surface area contributed by atoms with E-state index >= 15 is 0 Å². The van der Waals surface area contributed by atoms with E-state index in [1.54, 1.807) is 12.1 Å². The number of amides is 1. The number of carbonyl (C=O) groups excluding carboxylic acids is 1. The molecule has 0 aromatic heterocycles. The lowest BCUT2D eigenvalue weighted by atomic mass is 10.1. The number of carbonyl (C=O) groups is 1. The van der Waals surface area contributed by atoms with E-state index in [1.807, 2.05) is 4.90 Å². The molecule has 8 nitrogen and oxygen atoms in total. The van der Waals surface area contributed by atoms with Gasteiger partial charge in [-0.05, 0) is 44.4 Å². The summed E-state index contributed by atoms with van der Waals surface area (Å²) in [5.74, 6) is 0.177. The zero-order chi connectivity index (χ0) is 18.8. The summed E-state index contributed by atoms with van der Waals surface area (Å²) in [5, 5.41) is 13.8. The van der Waals surface area contributed by atoms with Gasteiger partial charge in [0.25, 0.3) is 5.69 Å². The predicted molar refractivity (Wildman–Crippen MR) is 107 cm³/mol. The molecule has 152 valence electrons. The molecule has 1 amide bonds. The van der Waals surface area contributed by atoms with Crippen LogP contribution in [0.2, 0.25) is 0 Å². The van der Waals surface area contributed by atoms with Gasteiger partial charge in [0.05, 0.1) is 11.0 Å². The Kier molecular flexibility index (Phi) is 10.7. The molecule has 0 spiro atoms. The molecular weight excluding hydrogens is 372 g/mol. The first-order valence-corrected chi connectivity index (χ1v) is 9.18. The largest absolute Gasteiger partial charge is 0.385 e. The molecule has 0 atom stereocenters. The highest BCUT2D eigenvalue weighted by molar-refractivity contribution is 5.85. The Morgan fingerprint density at radius 2 is 1.93 bits per heavy atom. The van der Waals surface area contributed by atoms with Crippen molar-refractivity contribution in [3.8, 4) is 0 Å². The minimum absolute atomic E-state index is 0. The third kappa shape index (κ3) is 8.11. The quantitative estimate of drug-likeness (QED) is 0.354. The molecule has 1 aliphatic rings. The second-order valence-electron chi connectivity index (χ2n) is 6.43. The highest BCUT2D eigenvalue weighted by atomic mass is 35.5. The van der Waals surface area contributed by atoms with Crippen LogP contribution in [0.25, 0.3) is 0 Å². The molecule has 27 heavy (non-hydrogen) atoms. The Labute approximate surface area is 166 Å². The van der Waals surface area contributed by atoms with Gasteiger partial charge in [0.1, 0.15) is 0 Å². The summed E-state index contributed by atoms with van der Waals surface area (Å²) in [7, 11) is 0. The number of nitro benzene ring substituents is 1. The fourth-order valence-corrected chi connectivity index (χ4v) is 2.94. The van der Waals surface area contributed by atoms with Gasteiger partial charge >= 0.3 is 0 Å². The number of benzene rings is 1. The fourth-order valence-electron chi connectivity index (χ4n) is 2.94. The monoisotopic (exact) mass is 400 g/mol. The van der Waals surface area contributed by atoms with Crippen LogP contribution in [0, 0.1) is 10.1 Å². The minimum atomic E-state index is -0.422. The number of nitrogens with two attached hydrogens (primary N) is 1. The number of halogens is 1. The SMILES string of the molecule is Cl.NCCCOC1CCN(C(=O)CCCNc2ccc([N+](=O)[O-])cc2)CC1. The standard InChI is InChI=1S/C18H28N4O4.ClH/c19-10-2-14-26-17-8-12-21(13-9-17)18(23)3-1-11-20-15-4-6-16(7-5-15)22(24)25;/h4-7,17,20H,1-3,8-14,19H2;1H. The summed E-state index contributed by atoms with van der Waals surface area (Å²) in [4.78, 5) is 24.4. The number of hydrogen-bond donors (Lipinski definition) is 2. The van der Waals surface area contributed by atoms with Gasteiger partial charge in [-0.25, -0.2) is 0 Å². The van der Waals surface area contributed by atoms with Crippen LogP contribution < -0.4 is 11.1 Å². The van der Waals surface area contributed by atoms with Crippen molar-refractivity contribution in [3.05, 3.63) is 34.4 Å². The van der Waals surface area contributed by atoms with Gasteiger partial charge in [-0.1, -0.05) is 0 Å². The topological polar surface area (TPSA) is 111 Å². The number of likely N-dealkylation sites (tertiary alicyclic amines) is 1. The molecule has 1 aromatic carbocycles. The third-order valence-corrected chi connectivity index (χ3v) is 4.47. The lowest BCUT2D eigenvalue weighted by Gasteiger charge is -2.32. The van der Waals surface area contributed by atoms with Crippen LogP contribution in [0.1, 0.15) is 32.1 Å². The van der Waals surface area contributed by atoms with Crippen molar-refractivity contribution in [1.82, 2.24) is 4.90 Å². The van der Waals surface area contributed by atoms with Crippen molar-refractivity contribution >= 4 is 29.7 Å². The van der Waals surface area contributed by atoms with Crippen molar-refractivity contribution < 1.29 is 14.5 Å². The van der Waals surface area contributed by atoms with E-state index in [-0.39, 0.29) is 30.1 Å². The van der Waals surface area contributed by atoms with Gasteiger partial charge in [-0.15, -0.1) is 12.4 Å². The number of anilines is 1. The van der Waals surface area contributed by atoms with Crippen LogP contribution in [-0.4, -0.2) is 54.6 Å². The number of piperidine rings is 1. The van der Waals surface area contributed by atoms with Gasteiger partial charge in [0, 0.05) is 50.5 Å². The number of ether oxygens (including phenoxy) is 1. The molecule has 0 radical (unpaired) electrons. The molecule has 1 heterocycles. The number of hydrogen-bond acceptors (Lipinski definition) is 6. The van der Waals surface area contributed by atoms with Crippen molar-refractivity contribution in [3.63, 3.8) is 0 Å². The van der Waals surface area contributed by atoms with Crippen LogP contribution in [0.15, 0.2) is 24.3 Å². The Morgan fingerprint density at radius 3 is 2.52 bits per heavy atom. The van der Waals surface area contributed by atoms with Gasteiger partial charge < -0.3 is 20.7 Å². The molecule has 9 heteroatoms. The van der Waals surface area contributed by atoms with Gasteiger partial charge in [-0.2, -0.15) is 0 Å². The van der Waals surface area contributed by atoms with E-state index in [1.165, 1.54) is 12.1 Å². The maximum atomic E-state index is 12.3. The number of nitro groups is 1. The molecule has 0 unspecified atom stereocenters. The summed E-state index contributed by atoms with van der Waals surface area (Å²) in [6.45, 7) is 3.50. The number of nitrogens with one attached hydrogen (secondary N) is 1. The average Bonchev–Trinajstić information content (AvgIpc) is 2.66. The third-order valence-electron chi connectivity index (χ3n) is 4.47. The number of rotatable bonds is 10. The second-order valence-corrected chi connectivity index (χ2v) is 6.43. The molecule has 1 aliphatic heterocycles. The van der Waals surface area contributed by atoms with E-state index in [0.29, 0.717) is 26.1 Å². The lowest BCUT2D eigenvalue weighted by molar-refractivity contribution is -0.384. The second kappa shape index (κ2) is 12.5. The van der Waals surface area contributed by atoms with Gasteiger partial charge in [-0.3, -0.25) is 14.9 Å². The summed E-state index contributed by atoms with van der Waals surface area (Å²) in [6, 6.07) is 6.28. The highest BCUT2D eigenvalue weighted by Gasteiger charge is 2.22. The zero-order valence-electron chi connectivity index (χ0n) is 15.5. The van der Waals surface area contributed by atoms with Crippen LogP contribution >= 0.6 is 12.4 Å². The molecule has 3 N–H and O–H groups in total. The Bertz CT molecular complexity index is 577. The van der Waals surface area contributed by atoms with Crippen LogP contribution in [0.3, 0.4) is 0 Å². The summed E-state index contributed by atoms with van der Waals surface area (Å²) in [5.41, 5.74) is 6.34. The smallest absolute Gasteiger partial charge is 0.269 e. The molecular formula is C18H29ClN4O4. The normalized spacial score (nSPS) is 14.5. The first-order chi connectivity index (χ1) is 12.6. The summed E-state index contributed by atoms with van der Waals surface area (Å²) < 4.78 is 5.75. The molecule has 1 fully saturated rings. The Morgan fingerprint density at radius 1 is 1.26 bits per heavy atom. The maximum Gasteiger partial charge on any atom is 0.269 e. The average molecular weight is 401 g/mol. The number of non-ortho nitro benzene ring substituents is 1. The van der Waals surface area contributed by atoms with E-state index in [9.17, 15) is 14.9 Å². The fraction of sp³-hybridized carbons (Fsp3) is 0.611. The highest BCUT2D eigenvalue weighted by Crippen LogP contribution is 2.17. The molecule has 1 saturated heterocycles. The van der Waals surface area contributed by atoms with E-state index in [4.69, 9.17) is 10.5 Å². The number of nitrogens with zero attached hydrogens (tertiary/aromatic N) is 2. The van der Waals surface area contributed by atoms with Crippen molar-refractivity contribution in [2.24, 2.45) is 5.73 Å². The first kappa shape index (κ1) is 23.1. The lowest BCUT2D eigenvalue weighted by Crippen LogP contribution is -2.41. The first-order valence-electron chi connectivity index (χ1n) is 9.18. The van der Waals surface area contributed by atoms with Gasteiger partial charge in [0.2, 0.25) is 5.91 Å². The van der Waals surface area contributed by atoms with E-state index < -0.39 is 4.92 Å². The summed E-state index contributed by atoms with van der Waals surface area (Å²) >= 11 is 0. The van der Waals surface area contributed by atoms with E-state index in [2.05, 4.69) is 5.32 Å². The Hall–Kier alpha value is -1.90. The molecule has 0 aliphatic carbocycles. The summed E-state index contributed by atoms with van der Waals surface area (Å²) in [6.07, 6.45) is 4.12. The van der Waals surface area contributed by atoms with E-state index in [0.717, 1.165) is 44.5 Å². The molecule has 0 bridgehead atoms. The Balaban J connectivity index is 0.00000364. The van der Waals surface area contributed by atoms with Crippen molar-refractivity contribution in [2.45, 2.75) is 38.2 Å². The molecule has 1 aromatic rings. The van der Waals surface area contributed by atoms with Crippen LogP contribution in [0.4, 0.5) is 11.4 Å². The van der Waals surface area contributed by atoms with Gasteiger partial charge in [0.15, 0.2) is 0 Å². The van der Waals surface area contributed by atoms with Crippen molar-refractivity contribution in [1.29, 1.82) is 0 Å². The zero-order valence-corrected chi connectivity index (χ0v) is 16.3. The molecule has 0 saturated carbocycles.